The van der Waals surface area contributed by atoms with Gasteiger partial charge in [-0.3, -0.25) is 9.36 Å². The third-order valence-electron chi connectivity index (χ3n) is 4.85. The largest absolute Gasteiger partial charge is 0.494 e. The van der Waals surface area contributed by atoms with Crippen LogP contribution in [0.5, 0.6) is 17.2 Å². The summed E-state index contributed by atoms with van der Waals surface area (Å²) in [5.41, 5.74) is 2.26. The normalized spacial score (nSPS) is 10.6. The number of imidazole rings is 1. The van der Waals surface area contributed by atoms with Gasteiger partial charge in [0.05, 0.1) is 18.0 Å². The van der Waals surface area contributed by atoms with Crippen molar-refractivity contribution in [1.29, 1.82) is 0 Å². The van der Waals surface area contributed by atoms with E-state index in [1.165, 1.54) is 0 Å². The number of amides is 1. The summed E-state index contributed by atoms with van der Waals surface area (Å²) in [5.74, 6) is 1.64. The first-order valence-electron chi connectivity index (χ1n) is 10.2. The molecule has 0 unspecified atom stereocenters. The Kier molecular flexibility index (Phi) is 6.07. The Hall–Kier alpha value is -4.26. The second kappa shape index (κ2) is 9.26. The lowest BCUT2D eigenvalue weighted by Crippen LogP contribution is -2.16. The van der Waals surface area contributed by atoms with E-state index in [0.717, 1.165) is 11.4 Å². The van der Waals surface area contributed by atoms with Crippen LogP contribution < -0.4 is 20.5 Å². The number of aromatic nitrogens is 2. The minimum atomic E-state index is -0.280. The number of carbonyl (C=O) groups is 1. The topological polar surface area (TPSA) is 85.3 Å². The van der Waals surface area contributed by atoms with Gasteiger partial charge in [-0.2, -0.15) is 0 Å². The van der Waals surface area contributed by atoms with Crippen LogP contribution in [0, 0.1) is 6.92 Å². The van der Waals surface area contributed by atoms with Crippen molar-refractivity contribution in [2.24, 2.45) is 0 Å². The fourth-order valence-electron chi connectivity index (χ4n) is 3.29. The molecule has 162 valence electrons. The van der Waals surface area contributed by atoms with Gasteiger partial charge in [-0.15, -0.1) is 0 Å². The van der Waals surface area contributed by atoms with E-state index in [2.05, 4.69) is 10.3 Å². The molecule has 0 aliphatic carbocycles. The molecule has 1 heterocycles. The van der Waals surface area contributed by atoms with Crippen molar-refractivity contribution in [2.75, 3.05) is 11.9 Å². The van der Waals surface area contributed by atoms with Crippen molar-refractivity contribution in [3.8, 4) is 22.9 Å². The van der Waals surface area contributed by atoms with Crippen LogP contribution in [0.4, 0.5) is 5.69 Å². The first kappa shape index (κ1) is 21.0. The number of nitrogens with one attached hydrogen (secondary N) is 2. The Morgan fingerprint density at radius 2 is 1.66 bits per heavy atom. The van der Waals surface area contributed by atoms with E-state index in [0.29, 0.717) is 35.0 Å². The highest BCUT2D eigenvalue weighted by Gasteiger charge is 2.12. The Bertz CT molecular complexity index is 1270. The molecule has 4 rings (SSSR count). The van der Waals surface area contributed by atoms with Gasteiger partial charge in [0, 0.05) is 17.5 Å². The van der Waals surface area contributed by atoms with Crippen LogP contribution in [-0.4, -0.2) is 22.1 Å². The van der Waals surface area contributed by atoms with Gasteiger partial charge in [0.25, 0.3) is 5.91 Å². The molecule has 1 aromatic heterocycles. The van der Waals surface area contributed by atoms with E-state index in [4.69, 9.17) is 9.47 Å². The van der Waals surface area contributed by atoms with Crippen LogP contribution in [0.3, 0.4) is 0 Å². The van der Waals surface area contributed by atoms with Crippen molar-refractivity contribution in [3.63, 3.8) is 0 Å². The lowest BCUT2D eigenvalue weighted by atomic mass is 10.2. The van der Waals surface area contributed by atoms with Gasteiger partial charge in [0.1, 0.15) is 11.5 Å². The van der Waals surface area contributed by atoms with Crippen LogP contribution in [0.1, 0.15) is 23.0 Å². The number of aryl methyl sites for hydroxylation is 1. The second-order valence-corrected chi connectivity index (χ2v) is 7.07. The Balaban J connectivity index is 1.49. The molecule has 1 amide bonds. The van der Waals surface area contributed by atoms with Crippen molar-refractivity contribution in [1.82, 2.24) is 9.55 Å². The SMILES string of the molecule is CCOc1ccc(Oc2ccccc2NC(=O)c2ccc(-n3c(C)c[nH]c3=O)cc2)cc1. The van der Waals surface area contributed by atoms with Crippen molar-refractivity contribution >= 4 is 11.6 Å². The first-order valence-corrected chi connectivity index (χ1v) is 10.2. The molecule has 0 atom stereocenters. The smallest absolute Gasteiger partial charge is 0.330 e. The minimum Gasteiger partial charge on any atom is -0.494 e. The molecule has 2 N–H and O–H groups in total. The van der Waals surface area contributed by atoms with Gasteiger partial charge in [0.2, 0.25) is 0 Å². The standard InChI is InChI=1S/C25H23N3O4/c1-3-31-20-12-14-21(15-13-20)32-23-7-5-4-6-22(23)27-24(29)18-8-10-19(11-9-18)28-17(2)16-26-25(28)30/h4-16H,3H2,1-2H3,(H,26,30)(H,27,29). The maximum atomic E-state index is 12.8. The molecule has 0 aliphatic heterocycles. The van der Waals surface area contributed by atoms with Gasteiger partial charge in [-0.1, -0.05) is 12.1 Å². The predicted octanol–water partition coefficient (Wildman–Crippen LogP) is 4.92. The summed E-state index contributed by atoms with van der Waals surface area (Å²) in [6.45, 7) is 4.36. The Labute approximate surface area is 185 Å². The average Bonchev–Trinajstić information content (AvgIpc) is 3.14. The van der Waals surface area contributed by atoms with Gasteiger partial charge < -0.3 is 19.8 Å². The molecule has 0 radical (unpaired) electrons. The summed E-state index contributed by atoms with van der Waals surface area (Å²) in [4.78, 5) is 27.4. The number of H-pyrrole nitrogens is 1. The van der Waals surface area contributed by atoms with Gasteiger partial charge >= 0.3 is 5.69 Å². The summed E-state index contributed by atoms with van der Waals surface area (Å²) in [6.07, 6.45) is 1.64. The molecule has 7 heteroatoms. The van der Waals surface area contributed by atoms with E-state index in [1.807, 2.05) is 50.2 Å². The summed E-state index contributed by atoms with van der Waals surface area (Å²) in [5, 5.41) is 2.89. The molecule has 0 fully saturated rings. The van der Waals surface area contributed by atoms with Gasteiger partial charge in [-0.05, 0) is 74.5 Å². The fourth-order valence-corrected chi connectivity index (χ4v) is 3.29. The van der Waals surface area contributed by atoms with Crippen LogP contribution in [-0.2, 0) is 0 Å². The highest BCUT2D eigenvalue weighted by atomic mass is 16.5. The second-order valence-electron chi connectivity index (χ2n) is 7.07. The minimum absolute atomic E-state index is 0.222. The fraction of sp³-hybridized carbons (Fsp3) is 0.120. The van der Waals surface area contributed by atoms with Crippen molar-refractivity contribution in [3.05, 3.63) is 101 Å². The number of benzene rings is 3. The lowest BCUT2D eigenvalue weighted by Gasteiger charge is -2.13. The molecule has 0 aliphatic rings. The Morgan fingerprint density at radius 3 is 2.31 bits per heavy atom. The molecule has 0 saturated carbocycles. The van der Waals surface area contributed by atoms with E-state index >= 15 is 0 Å². The molecule has 0 saturated heterocycles. The van der Waals surface area contributed by atoms with E-state index in [-0.39, 0.29) is 11.6 Å². The van der Waals surface area contributed by atoms with E-state index in [9.17, 15) is 9.59 Å². The zero-order valence-electron chi connectivity index (χ0n) is 17.8. The zero-order chi connectivity index (χ0) is 22.5. The number of hydrogen-bond acceptors (Lipinski definition) is 4. The van der Waals surface area contributed by atoms with Crippen LogP contribution in [0.2, 0.25) is 0 Å². The molecule has 3 aromatic carbocycles. The first-order chi connectivity index (χ1) is 15.5. The van der Waals surface area contributed by atoms with Crippen molar-refractivity contribution < 1.29 is 14.3 Å². The van der Waals surface area contributed by atoms with Gasteiger partial charge in [0.15, 0.2) is 5.75 Å². The molecule has 7 nitrogen and oxygen atoms in total. The number of ether oxygens (including phenoxy) is 2. The zero-order valence-corrected chi connectivity index (χ0v) is 17.8. The number of hydrogen-bond donors (Lipinski definition) is 2. The van der Waals surface area contributed by atoms with Crippen LogP contribution in [0.25, 0.3) is 5.69 Å². The number of nitrogens with zero attached hydrogens (tertiary/aromatic N) is 1. The third kappa shape index (κ3) is 4.57. The number of aromatic amines is 1. The monoisotopic (exact) mass is 429 g/mol. The summed E-state index contributed by atoms with van der Waals surface area (Å²) >= 11 is 0. The number of para-hydroxylation sites is 2. The summed E-state index contributed by atoms with van der Waals surface area (Å²) in [7, 11) is 0. The summed E-state index contributed by atoms with van der Waals surface area (Å²) < 4.78 is 13.0. The highest BCUT2D eigenvalue weighted by molar-refractivity contribution is 6.05. The molecule has 32 heavy (non-hydrogen) atoms. The highest BCUT2D eigenvalue weighted by Crippen LogP contribution is 2.30. The molecular formula is C25H23N3O4. The Morgan fingerprint density at radius 1 is 0.969 bits per heavy atom. The van der Waals surface area contributed by atoms with E-state index in [1.54, 1.807) is 47.2 Å². The third-order valence-corrected chi connectivity index (χ3v) is 4.85. The van der Waals surface area contributed by atoms with Crippen LogP contribution in [0.15, 0.2) is 83.8 Å². The number of carbonyl (C=O) groups excluding carboxylic acids is 1. The number of rotatable bonds is 7. The molecule has 4 aromatic rings. The predicted molar refractivity (Wildman–Crippen MR) is 123 cm³/mol. The molecular weight excluding hydrogens is 406 g/mol. The molecule has 0 spiro atoms. The quantitative estimate of drug-likeness (QED) is 0.437. The summed E-state index contributed by atoms with van der Waals surface area (Å²) in [6, 6.07) is 21.3. The lowest BCUT2D eigenvalue weighted by molar-refractivity contribution is 0.102. The van der Waals surface area contributed by atoms with E-state index < -0.39 is 0 Å². The van der Waals surface area contributed by atoms with Gasteiger partial charge in [-0.25, -0.2) is 4.79 Å². The average molecular weight is 429 g/mol. The number of anilines is 1. The molecule has 0 bridgehead atoms. The van der Waals surface area contributed by atoms with Crippen molar-refractivity contribution in [2.45, 2.75) is 13.8 Å². The van der Waals surface area contributed by atoms with Crippen LogP contribution >= 0.6 is 0 Å². The maximum absolute atomic E-state index is 12.8. The maximum Gasteiger partial charge on any atom is 0.330 e.